The Labute approximate surface area is 162 Å². The SMILES string of the molecule is CCCNC(=O)CSc1nnc(-c2ccc(OC)cc2)n1Cc1ccco1. The zero-order valence-corrected chi connectivity index (χ0v) is 16.2. The number of amides is 1. The van der Waals surface area contributed by atoms with Crippen molar-refractivity contribution in [2.75, 3.05) is 19.4 Å². The first kappa shape index (κ1) is 19.0. The number of hydrogen-bond donors (Lipinski definition) is 1. The van der Waals surface area contributed by atoms with E-state index in [4.69, 9.17) is 9.15 Å². The topological polar surface area (TPSA) is 82.2 Å². The highest BCUT2D eigenvalue weighted by atomic mass is 32.2. The summed E-state index contributed by atoms with van der Waals surface area (Å²) < 4.78 is 12.7. The number of nitrogens with one attached hydrogen (secondary N) is 1. The van der Waals surface area contributed by atoms with Crippen LogP contribution < -0.4 is 10.1 Å². The molecule has 0 unspecified atom stereocenters. The van der Waals surface area contributed by atoms with Gasteiger partial charge in [0.1, 0.15) is 11.5 Å². The van der Waals surface area contributed by atoms with E-state index >= 15 is 0 Å². The molecule has 0 spiro atoms. The molecule has 3 rings (SSSR count). The van der Waals surface area contributed by atoms with Crippen molar-refractivity contribution in [3.8, 4) is 17.1 Å². The molecule has 0 aliphatic rings. The van der Waals surface area contributed by atoms with Crippen molar-refractivity contribution in [3.05, 3.63) is 48.4 Å². The molecule has 0 saturated heterocycles. The Balaban J connectivity index is 1.84. The van der Waals surface area contributed by atoms with E-state index in [1.165, 1.54) is 11.8 Å². The van der Waals surface area contributed by atoms with Crippen LogP contribution in [-0.2, 0) is 11.3 Å². The van der Waals surface area contributed by atoms with E-state index in [0.717, 1.165) is 23.5 Å². The quantitative estimate of drug-likeness (QED) is 0.569. The van der Waals surface area contributed by atoms with Crippen molar-refractivity contribution in [1.29, 1.82) is 0 Å². The second-order valence-electron chi connectivity index (χ2n) is 5.84. The van der Waals surface area contributed by atoms with Gasteiger partial charge in [0.05, 0.1) is 25.7 Å². The molecule has 0 radical (unpaired) electrons. The lowest BCUT2D eigenvalue weighted by atomic mass is 10.2. The van der Waals surface area contributed by atoms with Gasteiger partial charge in [0.25, 0.3) is 0 Å². The lowest BCUT2D eigenvalue weighted by Crippen LogP contribution is -2.25. The molecule has 27 heavy (non-hydrogen) atoms. The standard InChI is InChI=1S/C19H22N4O3S/c1-3-10-20-17(24)13-27-19-22-21-18(14-6-8-15(25-2)9-7-14)23(19)12-16-5-4-11-26-16/h4-9,11H,3,10,12-13H2,1-2H3,(H,20,24). The van der Waals surface area contributed by atoms with Crippen LogP contribution in [0.5, 0.6) is 5.75 Å². The summed E-state index contributed by atoms with van der Waals surface area (Å²) in [5, 5.41) is 12.2. The van der Waals surface area contributed by atoms with Crippen LogP contribution in [0, 0.1) is 0 Å². The van der Waals surface area contributed by atoms with Gasteiger partial charge in [-0.2, -0.15) is 0 Å². The fraction of sp³-hybridized carbons (Fsp3) is 0.316. The summed E-state index contributed by atoms with van der Waals surface area (Å²) in [6.45, 7) is 3.18. The number of carbonyl (C=O) groups excluding carboxylic acids is 1. The smallest absolute Gasteiger partial charge is 0.230 e. The van der Waals surface area contributed by atoms with E-state index in [1.54, 1.807) is 13.4 Å². The van der Waals surface area contributed by atoms with E-state index in [9.17, 15) is 4.79 Å². The minimum Gasteiger partial charge on any atom is -0.497 e. The van der Waals surface area contributed by atoms with Gasteiger partial charge in [-0.05, 0) is 42.8 Å². The maximum Gasteiger partial charge on any atom is 0.230 e. The average Bonchev–Trinajstić information content (AvgIpc) is 3.35. The Morgan fingerprint density at radius 1 is 1.26 bits per heavy atom. The van der Waals surface area contributed by atoms with E-state index in [-0.39, 0.29) is 5.91 Å². The number of ether oxygens (including phenoxy) is 1. The number of hydrogen-bond acceptors (Lipinski definition) is 6. The summed E-state index contributed by atoms with van der Waals surface area (Å²) in [7, 11) is 1.63. The van der Waals surface area contributed by atoms with Gasteiger partial charge < -0.3 is 14.5 Å². The number of furan rings is 1. The molecular formula is C19H22N4O3S. The number of benzene rings is 1. The number of thioether (sulfide) groups is 1. The van der Waals surface area contributed by atoms with Gasteiger partial charge in [-0.15, -0.1) is 10.2 Å². The first-order chi connectivity index (χ1) is 13.2. The molecule has 0 aliphatic heterocycles. The lowest BCUT2D eigenvalue weighted by molar-refractivity contribution is -0.118. The summed E-state index contributed by atoms with van der Waals surface area (Å²) >= 11 is 1.36. The number of rotatable bonds is 9. The molecule has 1 N–H and O–H groups in total. The van der Waals surface area contributed by atoms with Crippen molar-refractivity contribution >= 4 is 17.7 Å². The van der Waals surface area contributed by atoms with Gasteiger partial charge in [-0.1, -0.05) is 18.7 Å². The molecule has 1 amide bonds. The zero-order chi connectivity index (χ0) is 19.1. The Kier molecular flexibility index (Phi) is 6.54. The number of nitrogens with zero attached hydrogens (tertiary/aromatic N) is 3. The van der Waals surface area contributed by atoms with Crippen molar-refractivity contribution < 1.29 is 13.9 Å². The van der Waals surface area contributed by atoms with Crippen molar-refractivity contribution in [1.82, 2.24) is 20.1 Å². The second kappa shape index (κ2) is 9.27. The molecule has 0 aliphatic carbocycles. The highest BCUT2D eigenvalue weighted by Crippen LogP contribution is 2.26. The molecule has 2 heterocycles. The van der Waals surface area contributed by atoms with Gasteiger partial charge >= 0.3 is 0 Å². The minimum atomic E-state index is -0.0135. The predicted octanol–water partition coefficient (Wildman–Crippen LogP) is 3.21. The molecule has 1 aromatic carbocycles. The molecule has 3 aromatic rings. The number of carbonyl (C=O) groups is 1. The minimum absolute atomic E-state index is 0.0135. The molecule has 0 saturated carbocycles. The van der Waals surface area contributed by atoms with Crippen LogP contribution in [0.2, 0.25) is 0 Å². The third-order valence-electron chi connectivity index (χ3n) is 3.86. The van der Waals surface area contributed by atoms with Crippen molar-refractivity contribution in [2.24, 2.45) is 0 Å². The molecule has 8 heteroatoms. The molecule has 0 bridgehead atoms. The van der Waals surface area contributed by atoms with E-state index in [0.29, 0.717) is 29.8 Å². The third-order valence-corrected chi connectivity index (χ3v) is 4.83. The van der Waals surface area contributed by atoms with Crippen molar-refractivity contribution in [2.45, 2.75) is 25.0 Å². The Bertz CT molecular complexity index is 860. The normalized spacial score (nSPS) is 10.7. The van der Waals surface area contributed by atoms with Gasteiger partial charge in [0, 0.05) is 12.1 Å². The predicted molar refractivity (Wildman–Crippen MR) is 104 cm³/mol. The fourth-order valence-electron chi connectivity index (χ4n) is 2.50. The maximum absolute atomic E-state index is 11.9. The van der Waals surface area contributed by atoms with Crippen LogP contribution >= 0.6 is 11.8 Å². The van der Waals surface area contributed by atoms with E-state index in [2.05, 4.69) is 15.5 Å². The van der Waals surface area contributed by atoms with Crippen LogP contribution in [0.3, 0.4) is 0 Å². The molecule has 0 fully saturated rings. The second-order valence-corrected chi connectivity index (χ2v) is 6.78. The summed E-state index contributed by atoms with van der Waals surface area (Å²) in [5.74, 6) is 2.56. The van der Waals surface area contributed by atoms with Crippen LogP contribution in [0.1, 0.15) is 19.1 Å². The van der Waals surface area contributed by atoms with Crippen LogP contribution in [0.15, 0.2) is 52.2 Å². The summed E-state index contributed by atoms with van der Waals surface area (Å²) in [4.78, 5) is 11.9. The van der Waals surface area contributed by atoms with Gasteiger partial charge in [0.2, 0.25) is 5.91 Å². The van der Waals surface area contributed by atoms with Crippen molar-refractivity contribution in [3.63, 3.8) is 0 Å². The van der Waals surface area contributed by atoms with E-state index < -0.39 is 0 Å². The third kappa shape index (κ3) is 4.91. The summed E-state index contributed by atoms with van der Waals surface area (Å²) in [6, 6.07) is 11.4. The summed E-state index contributed by atoms with van der Waals surface area (Å²) in [5.41, 5.74) is 0.914. The zero-order valence-electron chi connectivity index (χ0n) is 15.3. The van der Waals surface area contributed by atoms with Gasteiger partial charge in [0.15, 0.2) is 11.0 Å². The largest absolute Gasteiger partial charge is 0.497 e. The fourth-order valence-corrected chi connectivity index (χ4v) is 3.26. The van der Waals surface area contributed by atoms with Crippen LogP contribution in [-0.4, -0.2) is 40.1 Å². The summed E-state index contributed by atoms with van der Waals surface area (Å²) in [6.07, 6.45) is 2.55. The molecule has 142 valence electrons. The Hall–Kier alpha value is -2.74. The Morgan fingerprint density at radius 3 is 2.74 bits per heavy atom. The number of aromatic nitrogens is 3. The average molecular weight is 386 g/mol. The van der Waals surface area contributed by atoms with Gasteiger partial charge in [-0.25, -0.2) is 0 Å². The maximum atomic E-state index is 11.9. The monoisotopic (exact) mass is 386 g/mol. The lowest BCUT2D eigenvalue weighted by Gasteiger charge is -2.09. The van der Waals surface area contributed by atoms with Crippen LogP contribution in [0.4, 0.5) is 0 Å². The first-order valence-corrected chi connectivity index (χ1v) is 9.69. The van der Waals surface area contributed by atoms with Gasteiger partial charge in [-0.3, -0.25) is 9.36 Å². The number of methoxy groups -OCH3 is 1. The first-order valence-electron chi connectivity index (χ1n) is 8.70. The highest BCUT2D eigenvalue weighted by Gasteiger charge is 2.17. The van der Waals surface area contributed by atoms with E-state index in [1.807, 2.05) is 47.9 Å². The highest BCUT2D eigenvalue weighted by molar-refractivity contribution is 7.99. The molecular weight excluding hydrogens is 364 g/mol. The van der Waals surface area contributed by atoms with Crippen LogP contribution in [0.25, 0.3) is 11.4 Å². The molecule has 7 nitrogen and oxygen atoms in total. The molecule has 0 atom stereocenters. The Morgan fingerprint density at radius 2 is 2.07 bits per heavy atom. The molecule has 2 aromatic heterocycles.